The van der Waals surface area contributed by atoms with E-state index in [9.17, 15) is 29.1 Å². The van der Waals surface area contributed by atoms with E-state index in [1.54, 1.807) is 25.2 Å². The number of amides is 4. The zero-order valence-corrected chi connectivity index (χ0v) is 38.8. The lowest BCUT2D eigenvalue weighted by Crippen LogP contribution is -2.47. The maximum atomic E-state index is 14.8. The number of anilines is 1. The van der Waals surface area contributed by atoms with Crippen LogP contribution in [0.2, 0.25) is 0 Å². The van der Waals surface area contributed by atoms with Crippen LogP contribution < -0.4 is 10.2 Å². The summed E-state index contributed by atoms with van der Waals surface area (Å²) in [5.74, 6) is -3.10. The van der Waals surface area contributed by atoms with Crippen molar-refractivity contribution >= 4 is 35.3 Å². The number of rotatable bonds is 14. The molecule has 1 saturated carbocycles. The third-order valence-electron chi connectivity index (χ3n) is 14.8. The molecule has 2 aromatic heterocycles. The lowest BCUT2D eigenvalue weighted by atomic mass is 9.84. The van der Waals surface area contributed by atoms with Gasteiger partial charge in [-0.1, -0.05) is 61.7 Å². The Kier molecular flexibility index (Phi) is 14.4. The number of carboxylic acids is 1. The van der Waals surface area contributed by atoms with Gasteiger partial charge in [0.15, 0.2) is 0 Å². The van der Waals surface area contributed by atoms with Crippen molar-refractivity contribution in [1.29, 1.82) is 0 Å². The molecule has 4 amide bonds. The van der Waals surface area contributed by atoms with E-state index in [-0.39, 0.29) is 52.6 Å². The van der Waals surface area contributed by atoms with Crippen LogP contribution in [-0.4, -0.2) is 142 Å². The van der Waals surface area contributed by atoms with Crippen molar-refractivity contribution in [3.63, 3.8) is 0 Å². The van der Waals surface area contributed by atoms with Crippen LogP contribution in [0.25, 0.3) is 22.3 Å². The van der Waals surface area contributed by atoms with Gasteiger partial charge < -0.3 is 34.9 Å². The number of nitrogens with zero attached hydrogens (tertiary/aromatic N) is 7. The third-order valence-corrected chi connectivity index (χ3v) is 14.8. The van der Waals surface area contributed by atoms with E-state index in [2.05, 4.69) is 20.1 Å². The highest BCUT2D eigenvalue weighted by Gasteiger charge is 2.36. The van der Waals surface area contributed by atoms with Gasteiger partial charge >= 0.3 is 5.97 Å². The Morgan fingerprint density at radius 1 is 0.582 bits per heavy atom. The van der Waals surface area contributed by atoms with Gasteiger partial charge in [0.05, 0.1) is 0 Å². The summed E-state index contributed by atoms with van der Waals surface area (Å²) in [5.41, 5.74) is 3.39. The molecule has 5 fully saturated rings. The standard InChI is InChI=1S/C53H64N8O6/c1-57(41-20-12-19-38(29-41)36-15-4-2-5-16-36)50(63)45-31-40(33-47(55-45)52(65)61-28-14-22-43(61)35-59-25-10-11-26-59)39-30-44(49(62)56-48(53(66)67)37-17-6-3-7-18-37)54-46(32-39)51(64)60-27-13-21-42(60)34-58-23-8-9-24-58/h2,4-5,12,15-16,19-20,29-33,37,42-43,48H,3,6-11,13-14,17-18,21-28,34-35H2,1H3,(H,56,62)(H,66,67). The molecule has 6 heterocycles. The Balaban J connectivity index is 1.11. The second-order valence-corrected chi connectivity index (χ2v) is 19.3. The first-order valence-electron chi connectivity index (χ1n) is 24.7. The minimum Gasteiger partial charge on any atom is -0.480 e. The quantitative estimate of drug-likeness (QED) is 0.132. The molecule has 4 aromatic rings. The highest BCUT2D eigenvalue weighted by molar-refractivity contribution is 6.07. The van der Waals surface area contributed by atoms with Gasteiger partial charge in [-0.25, -0.2) is 14.8 Å². The normalized spacial score (nSPS) is 20.9. The van der Waals surface area contributed by atoms with Crippen LogP contribution in [0.1, 0.15) is 125 Å². The SMILES string of the molecule is CN(C(=O)c1cc(-c2cc(C(=O)NC(C(=O)O)C3CCCCC3)nc(C(=O)N3CCCC3CN3CCCC3)c2)cc(C(=O)N2CCCC2CN2CCCC2)n1)c1cccc(-c2ccccc2)c1. The summed E-state index contributed by atoms with van der Waals surface area (Å²) in [5, 5.41) is 13.1. The number of carbonyl (C=O) groups is 5. The molecule has 0 bridgehead atoms. The fraction of sp³-hybridized carbons (Fsp3) is 0.491. The number of benzene rings is 2. The first-order valence-corrected chi connectivity index (χ1v) is 24.7. The Hall–Kier alpha value is -5.99. The summed E-state index contributed by atoms with van der Waals surface area (Å²) in [4.78, 5) is 90.9. The van der Waals surface area contributed by atoms with Crippen LogP contribution in [0.5, 0.6) is 0 Å². The van der Waals surface area contributed by atoms with Crippen molar-refractivity contribution in [1.82, 2.24) is 34.9 Å². The molecule has 67 heavy (non-hydrogen) atoms. The third kappa shape index (κ3) is 10.6. The van der Waals surface area contributed by atoms with Gasteiger partial charge in [-0.3, -0.25) is 19.2 Å². The molecule has 14 heteroatoms. The number of pyridine rings is 2. The number of carboxylic acid groups (broad SMARTS) is 1. The van der Waals surface area contributed by atoms with E-state index < -0.39 is 23.8 Å². The summed E-state index contributed by atoms with van der Waals surface area (Å²) in [6, 6.07) is 22.9. The van der Waals surface area contributed by atoms with Crippen LogP contribution in [0.15, 0.2) is 78.9 Å². The molecular formula is C53H64N8O6. The monoisotopic (exact) mass is 908 g/mol. The van der Waals surface area contributed by atoms with Gasteiger partial charge in [-0.15, -0.1) is 0 Å². The topological polar surface area (TPSA) is 160 Å². The van der Waals surface area contributed by atoms with Crippen LogP contribution in [0.3, 0.4) is 0 Å². The Labute approximate surface area is 393 Å². The van der Waals surface area contributed by atoms with E-state index in [1.807, 2.05) is 64.4 Å². The van der Waals surface area contributed by atoms with Gasteiger partial charge in [0.1, 0.15) is 28.8 Å². The average Bonchev–Trinajstić information content (AvgIpc) is 4.23. The summed E-state index contributed by atoms with van der Waals surface area (Å²) in [6.07, 6.45) is 12.2. The van der Waals surface area contributed by atoms with Crippen molar-refractivity contribution in [2.75, 3.05) is 64.3 Å². The van der Waals surface area contributed by atoms with E-state index in [0.717, 1.165) is 121 Å². The lowest BCUT2D eigenvalue weighted by molar-refractivity contribution is -0.141. The second kappa shape index (κ2) is 20.9. The molecule has 0 radical (unpaired) electrons. The number of hydrogen-bond donors (Lipinski definition) is 2. The molecule has 2 N–H and O–H groups in total. The average molecular weight is 909 g/mol. The van der Waals surface area contributed by atoms with Crippen LogP contribution in [0.4, 0.5) is 5.69 Å². The van der Waals surface area contributed by atoms with Gasteiger partial charge in [0.25, 0.3) is 23.6 Å². The molecule has 4 saturated heterocycles. The predicted molar refractivity (Wildman–Crippen MR) is 257 cm³/mol. The number of carbonyl (C=O) groups excluding carboxylic acids is 4. The molecule has 14 nitrogen and oxygen atoms in total. The first-order chi connectivity index (χ1) is 32.6. The fourth-order valence-corrected chi connectivity index (χ4v) is 11.1. The number of likely N-dealkylation sites (tertiary alicyclic amines) is 4. The maximum Gasteiger partial charge on any atom is 0.326 e. The summed E-state index contributed by atoms with van der Waals surface area (Å²) in [7, 11) is 1.68. The zero-order valence-electron chi connectivity index (χ0n) is 38.8. The summed E-state index contributed by atoms with van der Waals surface area (Å²) >= 11 is 0. The van der Waals surface area contributed by atoms with Gasteiger partial charge in [-0.2, -0.15) is 0 Å². The number of aromatic nitrogens is 2. The highest BCUT2D eigenvalue weighted by atomic mass is 16.4. The molecule has 3 atom stereocenters. The Morgan fingerprint density at radius 3 is 1.67 bits per heavy atom. The van der Waals surface area contributed by atoms with Gasteiger partial charge in [0.2, 0.25) is 0 Å². The Bertz CT molecular complexity index is 2450. The molecule has 2 aromatic carbocycles. The molecule has 0 spiro atoms. The summed E-state index contributed by atoms with van der Waals surface area (Å²) < 4.78 is 0. The highest BCUT2D eigenvalue weighted by Crippen LogP contribution is 2.32. The molecule has 9 rings (SSSR count). The van der Waals surface area contributed by atoms with E-state index in [0.29, 0.717) is 42.7 Å². The Morgan fingerprint density at radius 2 is 1.10 bits per heavy atom. The van der Waals surface area contributed by atoms with Crippen molar-refractivity contribution in [3.8, 4) is 22.3 Å². The summed E-state index contributed by atoms with van der Waals surface area (Å²) in [6.45, 7) is 6.66. The number of hydrogen-bond acceptors (Lipinski definition) is 9. The predicted octanol–water partition coefficient (Wildman–Crippen LogP) is 7.25. The van der Waals surface area contributed by atoms with E-state index >= 15 is 0 Å². The molecule has 352 valence electrons. The van der Waals surface area contributed by atoms with Crippen molar-refractivity contribution < 1.29 is 29.1 Å². The molecule has 4 aliphatic heterocycles. The van der Waals surface area contributed by atoms with Crippen LogP contribution in [-0.2, 0) is 4.79 Å². The van der Waals surface area contributed by atoms with Gasteiger partial charge in [0, 0.05) is 51.0 Å². The largest absolute Gasteiger partial charge is 0.480 e. The minimum atomic E-state index is -1.12. The van der Waals surface area contributed by atoms with E-state index in [4.69, 9.17) is 4.98 Å². The smallest absolute Gasteiger partial charge is 0.326 e. The molecular weight excluding hydrogens is 845 g/mol. The second-order valence-electron chi connectivity index (χ2n) is 19.3. The fourth-order valence-electron chi connectivity index (χ4n) is 11.1. The molecule has 1 aliphatic carbocycles. The number of aliphatic carboxylic acids is 1. The first kappa shape index (κ1) is 46.1. The van der Waals surface area contributed by atoms with Crippen LogP contribution >= 0.6 is 0 Å². The lowest BCUT2D eigenvalue weighted by Gasteiger charge is -2.29. The molecule has 3 unspecified atom stereocenters. The van der Waals surface area contributed by atoms with E-state index in [1.165, 1.54) is 11.0 Å². The zero-order chi connectivity index (χ0) is 46.4. The maximum absolute atomic E-state index is 14.8. The molecule has 5 aliphatic rings. The minimum absolute atomic E-state index is 0.000586. The van der Waals surface area contributed by atoms with Crippen LogP contribution in [0, 0.1) is 5.92 Å². The van der Waals surface area contributed by atoms with Gasteiger partial charge in [-0.05, 0) is 155 Å². The number of nitrogens with one attached hydrogen (secondary N) is 1. The van der Waals surface area contributed by atoms with Crippen molar-refractivity contribution in [3.05, 3.63) is 102 Å². The van der Waals surface area contributed by atoms with Crippen molar-refractivity contribution in [2.24, 2.45) is 5.92 Å². The van der Waals surface area contributed by atoms with Crippen molar-refractivity contribution in [2.45, 2.75) is 102 Å².